The van der Waals surface area contributed by atoms with Gasteiger partial charge in [-0.05, 0) is 48.4 Å². The van der Waals surface area contributed by atoms with E-state index < -0.39 is 5.97 Å². The Morgan fingerprint density at radius 3 is 2.64 bits per heavy atom. The van der Waals surface area contributed by atoms with Gasteiger partial charge >= 0.3 is 5.97 Å². The van der Waals surface area contributed by atoms with Crippen molar-refractivity contribution in [3.8, 4) is 11.5 Å². The number of hydrogen-bond acceptors (Lipinski definition) is 4. The molecule has 2 aromatic carbocycles. The monoisotopic (exact) mass is 299 g/mol. The Hall–Kier alpha value is -2.69. The van der Waals surface area contributed by atoms with E-state index in [1.807, 2.05) is 25.1 Å². The number of aryl methyl sites for hydroxylation is 1. The Morgan fingerprint density at radius 1 is 1.14 bits per heavy atom. The molecule has 1 aliphatic heterocycles. The standard InChI is InChI=1S/C17H17NO4/c1-11-8-13(17(19)20)3-4-14(11)18-10-12-2-5-15-16(9-12)22-7-6-21-15/h2-5,8-9,18H,6-7,10H2,1H3,(H,19,20). The van der Waals surface area contributed by atoms with Crippen molar-refractivity contribution in [2.75, 3.05) is 18.5 Å². The van der Waals surface area contributed by atoms with E-state index >= 15 is 0 Å². The molecule has 22 heavy (non-hydrogen) atoms. The van der Waals surface area contributed by atoms with Gasteiger partial charge in [-0.3, -0.25) is 0 Å². The highest BCUT2D eigenvalue weighted by Gasteiger charge is 2.12. The van der Waals surface area contributed by atoms with Crippen molar-refractivity contribution in [2.45, 2.75) is 13.5 Å². The van der Waals surface area contributed by atoms with Crippen LogP contribution >= 0.6 is 0 Å². The largest absolute Gasteiger partial charge is 0.486 e. The quantitative estimate of drug-likeness (QED) is 0.908. The number of carboxylic acids is 1. The molecule has 0 amide bonds. The smallest absolute Gasteiger partial charge is 0.335 e. The molecule has 2 N–H and O–H groups in total. The van der Waals surface area contributed by atoms with Crippen molar-refractivity contribution in [2.24, 2.45) is 0 Å². The third-order valence-electron chi connectivity index (χ3n) is 3.56. The molecular weight excluding hydrogens is 282 g/mol. The number of nitrogens with one attached hydrogen (secondary N) is 1. The second-order valence-electron chi connectivity index (χ2n) is 5.17. The first-order valence-corrected chi connectivity index (χ1v) is 7.10. The summed E-state index contributed by atoms with van der Waals surface area (Å²) < 4.78 is 11.1. The topological polar surface area (TPSA) is 67.8 Å². The second-order valence-corrected chi connectivity index (χ2v) is 5.17. The van der Waals surface area contributed by atoms with Gasteiger partial charge in [0.15, 0.2) is 11.5 Å². The highest BCUT2D eigenvalue weighted by Crippen LogP contribution is 2.31. The van der Waals surface area contributed by atoms with Gasteiger partial charge in [0, 0.05) is 12.2 Å². The number of fused-ring (bicyclic) bond motifs is 1. The highest BCUT2D eigenvalue weighted by atomic mass is 16.6. The zero-order valence-corrected chi connectivity index (χ0v) is 12.3. The maximum absolute atomic E-state index is 10.9. The molecule has 1 heterocycles. The molecule has 2 aromatic rings. The minimum Gasteiger partial charge on any atom is -0.486 e. The summed E-state index contributed by atoms with van der Waals surface area (Å²) in [6.45, 7) is 3.67. The zero-order chi connectivity index (χ0) is 15.5. The molecule has 0 saturated carbocycles. The fourth-order valence-electron chi connectivity index (χ4n) is 2.39. The number of carboxylic acid groups (broad SMARTS) is 1. The molecule has 0 atom stereocenters. The molecular formula is C17H17NO4. The van der Waals surface area contributed by atoms with Crippen molar-refractivity contribution in [1.29, 1.82) is 0 Å². The molecule has 1 aliphatic rings. The molecule has 0 fully saturated rings. The first kappa shape index (κ1) is 14.3. The maximum atomic E-state index is 10.9. The first-order valence-electron chi connectivity index (χ1n) is 7.10. The summed E-state index contributed by atoms with van der Waals surface area (Å²) in [6, 6.07) is 10.9. The second kappa shape index (κ2) is 5.97. The zero-order valence-electron chi connectivity index (χ0n) is 12.3. The van der Waals surface area contributed by atoms with E-state index in [0.29, 0.717) is 25.3 Å². The van der Waals surface area contributed by atoms with E-state index in [1.54, 1.807) is 18.2 Å². The van der Waals surface area contributed by atoms with E-state index in [2.05, 4.69) is 5.32 Å². The van der Waals surface area contributed by atoms with Crippen molar-refractivity contribution in [3.05, 3.63) is 53.1 Å². The lowest BCUT2D eigenvalue weighted by Crippen LogP contribution is -2.15. The van der Waals surface area contributed by atoms with Crippen LogP contribution in [0.3, 0.4) is 0 Å². The van der Waals surface area contributed by atoms with Gasteiger partial charge in [0.25, 0.3) is 0 Å². The van der Waals surface area contributed by atoms with Crippen LogP contribution in [0.5, 0.6) is 11.5 Å². The van der Waals surface area contributed by atoms with Crippen LogP contribution < -0.4 is 14.8 Å². The molecule has 0 bridgehead atoms. The number of hydrogen-bond donors (Lipinski definition) is 2. The lowest BCUT2D eigenvalue weighted by molar-refractivity contribution is 0.0697. The summed E-state index contributed by atoms with van der Waals surface area (Å²) >= 11 is 0. The average molecular weight is 299 g/mol. The van der Waals surface area contributed by atoms with Crippen molar-refractivity contribution in [1.82, 2.24) is 0 Å². The Labute approximate surface area is 128 Å². The number of carbonyl (C=O) groups is 1. The molecule has 0 aliphatic carbocycles. The summed E-state index contributed by atoms with van der Waals surface area (Å²) in [6.07, 6.45) is 0. The minimum atomic E-state index is -0.915. The van der Waals surface area contributed by atoms with Crippen LogP contribution in [0.25, 0.3) is 0 Å². The first-order chi connectivity index (χ1) is 10.6. The molecule has 5 nitrogen and oxygen atoms in total. The van der Waals surface area contributed by atoms with Crippen molar-refractivity contribution >= 4 is 11.7 Å². The number of rotatable bonds is 4. The summed E-state index contributed by atoms with van der Waals surface area (Å²) in [4.78, 5) is 10.9. The van der Waals surface area contributed by atoms with E-state index in [9.17, 15) is 4.79 Å². The number of ether oxygens (including phenoxy) is 2. The maximum Gasteiger partial charge on any atom is 0.335 e. The van der Waals surface area contributed by atoms with Crippen LogP contribution in [0.15, 0.2) is 36.4 Å². The summed E-state index contributed by atoms with van der Waals surface area (Å²) in [5, 5.41) is 12.3. The van der Waals surface area contributed by atoms with Gasteiger partial charge < -0.3 is 19.9 Å². The van der Waals surface area contributed by atoms with Crippen molar-refractivity contribution < 1.29 is 19.4 Å². The van der Waals surface area contributed by atoms with Crippen molar-refractivity contribution in [3.63, 3.8) is 0 Å². The number of anilines is 1. The molecule has 0 aromatic heterocycles. The van der Waals surface area contributed by atoms with E-state index in [4.69, 9.17) is 14.6 Å². The molecule has 0 unspecified atom stereocenters. The van der Waals surface area contributed by atoms with Gasteiger partial charge in [-0.2, -0.15) is 0 Å². The van der Waals surface area contributed by atoms with Crippen LogP contribution in [-0.4, -0.2) is 24.3 Å². The SMILES string of the molecule is Cc1cc(C(=O)O)ccc1NCc1ccc2c(c1)OCCO2. The molecule has 3 rings (SSSR count). The fraction of sp³-hybridized carbons (Fsp3) is 0.235. The van der Waals surface area contributed by atoms with E-state index in [1.165, 1.54) is 0 Å². The van der Waals surface area contributed by atoms with Gasteiger partial charge in [0.2, 0.25) is 0 Å². The van der Waals surface area contributed by atoms with Crippen LogP contribution in [0.2, 0.25) is 0 Å². The fourth-order valence-corrected chi connectivity index (χ4v) is 2.39. The van der Waals surface area contributed by atoms with Gasteiger partial charge in [-0.25, -0.2) is 4.79 Å². The Kier molecular flexibility index (Phi) is 3.87. The van der Waals surface area contributed by atoms with E-state index in [0.717, 1.165) is 28.3 Å². The van der Waals surface area contributed by atoms with Crippen LogP contribution in [0.4, 0.5) is 5.69 Å². The predicted octanol–water partition coefficient (Wildman–Crippen LogP) is 3.08. The lowest BCUT2D eigenvalue weighted by atomic mass is 10.1. The molecule has 114 valence electrons. The Bertz CT molecular complexity index is 712. The van der Waals surface area contributed by atoms with Gasteiger partial charge in [-0.15, -0.1) is 0 Å². The molecule has 0 radical (unpaired) electrons. The summed E-state index contributed by atoms with van der Waals surface area (Å²) in [7, 11) is 0. The van der Waals surface area contributed by atoms with Gasteiger partial charge in [-0.1, -0.05) is 6.07 Å². The average Bonchev–Trinajstić information content (AvgIpc) is 2.53. The highest BCUT2D eigenvalue weighted by molar-refractivity contribution is 5.88. The lowest BCUT2D eigenvalue weighted by Gasteiger charge is -2.19. The molecule has 0 saturated heterocycles. The third-order valence-corrected chi connectivity index (χ3v) is 3.56. The normalized spacial score (nSPS) is 12.8. The predicted molar refractivity (Wildman–Crippen MR) is 82.9 cm³/mol. The number of aromatic carboxylic acids is 1. The van der Waals surface area contributed by atoms with E-state index in [-0.39, 0.29) is 0 Å². The number of benzene rings is 2. The Morgan fingerprint density at radius 2 is 1.91 bits per heavy atom. The van der Waals surface area contributed by atoms with Gasteiger partial charge in [0.1, 0.15) is 13.2 Å². The molecule has 5 heteroatoms. The Balaban J connectivity index is 1.71. The summed E-state index contributed by atoms with van der Waals surface area (Å²) in [5.41, 5.74) is 3.19. The van der Waals surface area contributed by atoms with Crippen LogP contribution in [0, 0.1) is 6.92 Å². The van der Waals surface area contributed by atoms with Crippen LogP contribution in [-0.2, 0) is 6.54 Å². The van der Waals surface area contributed by atoms with Gasteiger partial charge in [0.05, 0.1) is 5.56 Å². The molecule has 0 spiro atoms. The minimum absolute atomic E-state index is 0.294. The summed E-state index contributed by atoms with van der Waals surface area (Å²) in [5.74, 6) is 0.627. The third kappa shape index (κ3) is 2.98. The van der Waals surface area contributed by atoms with Crippen LogP contribution in [0.1, 0.15) is 21.5 Å².